The summed E-state index contributed by atoms with van der Waals surface area (Å²) >= 11 is 12.6. The number of halogens is 3. The quantitative estimate of drug-likeness (QED) is 0.0535. The molecule has 0 radical (unpaired) electrons. The first kappa shape index (κ1) is 54.7. The van der Waals surface area contributed by atoms with Crippen molar-refractivity contribution >= 4 is 56.7 Å². The standard InChI is InChI=1S/C15H15ClO.C8H9BrO.C6H5ClO2S.C4H8O.CH2O3.2K.Na.H/c1-17-15-4-2-3-13(11-15)6-5-12-7-9-14(16)10-8-12;1-10-8-4-2-3-7(5-8)6-9;7-5-1-3-6(4-2-5)10(8)9;1-2-4-5-3-1;2-1-4-3;;;;/h2-4,7-11H,5-6H2,1H3;2-5H,6H2,1H3;1-4H,(H,8,9);1-4H2;1,3H;;;;/q;;;;;3*+1;-1/p-2. The van der Waals surface area contributed by atoms with Crippen molar-refractivity contribution in [2.24, 2.45) is 0 Å². The fourth-order valence-electron chi connectivity index (χ4n) is 3.58. The third-order valence-corrected chi connectivity index (χ3v) is 7.72. The van der Waals surface area contributed by atoms with Gasteiger partial charge in [-0.1, -0.05) is 75.5 Å². The number of rotatable bonds is 8. The van der Waals surface area contributed by atoms with Crippen LogP contribution in [0, 0.1) is 0 Å². The monoisotopic (exact) mass is 856 g/mol. The van der Waals surface area contributed by atoms with Crippen molar-refractivity contribution in [1.82, 2.24) is 0 Å². The summed E-state index contributed by atoms with van der Waals surface area (Å²) in [5, 5.41) is 10.6. The third-order valence-electron chi connectivity index (χ3n) is 5.91. The second-order valence-corrected chi connectivity index (χ2v) is 11.5. The minimum atomic E-state index is -2.15. The summed E-state index contributed by atoms with van der Waals surface area (Å²) in [5.41, 5.74) is 3.83. The van der Waals surface area contributed by atoms with Crippen LogP contribution in [-0.2, 0) is 43.7 Å². The van der Waals surface area contributed by atoms with Crippen LogP contribution < -0.4 is 147 Å². The van der Waals surface area contributed by atoms with Gasteiger partial charge in [0.2, 0.25) is 0 Å². The molecule has 0 N–H and O–H groups in total. The average Bonchev–Trinajstić information content (AvgIpc) is 3.70. The van der Waals surface area contributed by atoms with Crippen LogP contribution >= 0.6 is 39.1 Å². The maximum atomic E-state index is 10.3. The van der Waals surface area contributed by atoms with Crippen LogP contribution in [0.25, 0.3) is 0 Å². The van der Waals surface area contributed by atoms with Crippen LogP contribution in [0.5, 0.6) is 11.5 Å². The van der Waals surface area contributed by atoms with Crippen molar-refractivity contribution in [2.75, 3.05) is 27.4 Å². The smallest absolute Gasteiger partial charge is 1.00 e. The Hall–Kier alpha value is 1.31. The minimum absolute atomic E-state index is 0. The van der Waals surface area contributed by atoms with Crippen LogP contribution in [0.1, 0.15) is 31.0 Å². The van der Waals surface area contributed by atoms with Gasteiger partial charge >= 0.3 is 132 Å². The number of hydrogen-bond acceptors (Lipinski definition) is 8. The first-order chi connectivity index (χ1) is 22.3. The van der Waals surface area contributed by atoms with Crippen molar-refractivity contribution in [1.29, 1.82) is 0 Å². The molecule has 4 aromatic rings. The van der Waals surface area contributed by atoms with E-state index in [2.05, 4.69) is 51.1 Å². The summed E-state index contributed by atoms with van der Waals surface area (Å²) in [6, 6.07) is 30.1. The molecular formula is C34H38BrCl2K2NaO8S. The molecule has 1 atom stereocenters. The molecule has 5 rings (SSSR count). The Balaban J connectivity index is -0.000000281. The number of carbonyl (C=O) groups excluding carboxylic acids is 1. The number of carbonyl (C=O) groups is 1. The number of alkyl halides is 1. The Morgan fingerprint density at radius 3 is 1.61 bits per heavy atom. The van der Waals surface area contributed by atoms with Gasteiger partial charge in [0.05, 0.1) is 14.2 Å². The topological polar surface area (TPSA) is 117 Å². The fourth-order valence-corrected chi connectivity index (χ4v) is 4.54. The Kier molecular flexibility index (Phi) is 40.5. The summed E-state index contributed by atoms with van der Waals surface area (Å²) in [5.74, 6) is 1.83. The van der Waals surface area contributed by atoms with Gasteiger partial charge in [0.1, 0.15) is 11.5 Å². The molecule has 1 saturated heterocycles. The number of aryl methyl sites for hydroxylation is 2. The summed E-state index contributed by atoms with van der Waals surface area (Å²) in [7, 11) is 3.37. The average molecular weight is 859 g/mol. The molecule has 0 aromatic heterocycles. The fraction of sp³-hybridized carbons (Fsp3) is 0.265. The second kappa shape index (κ2) is 36.3. The van der Waals surface area contributed by atoms with Gasteiger partial charge in [0.15, 0.2) is 0 Å². The number of hydrogen-bond donors (Lipinski definition) is 0. The van der Waals surface area contributed by atoms with Gasteiger partial charge in [-0.15, -0.1) is 0 Å². The molecule has 0 aliphatic carbocycles. The van der Waals surface area contributed by atoms with E-state index < -0.39 is 11.1 Å². The van der Waals surface area contributed by atoms with Crippen LogP contribution in [0.3, 0.4) is 0 Å². The molecule has 1 fully saturated rings. The molecule has 1 heterocycles. The number of benzene rings is 4. The van der Waals surface area contributed by atoms with E-state index in [-0.39, 0.29) is 145 Å². The molecule has 8 nitrogen and oxygen atoms in total. The van der Waals surface area contributed by atoms with Crippen molar-refractivity contribution in [2.45, 2.75) is 35.9 Å². The van der Waals surface area contributed by atoms with Gasteiger partial charge in [0.25, 0.3) is 6.47 Å². The largest absolute Gasteiger partial charge is 1.00 e. The molecule has 1 unspecified atom stereocenters. The van der Waals surface area contributed by atoms with E-state index in [1.165, 1.54) is 53.8 Å². The van der Waals surface area contributed by atoms with Gasteiger partial charge in [-0.25, -0.2) is 0 Å². The van der Waals surface area contributed by atoms with Crippen molar-refractivity contribution in [3.63, 3.8) is 0 Å². The van der Waals surface area contributed by atoms with E-state index in [0.29, 0.717) is 5.02 Å². The molecule has 0 saturated carbocycles. The van der Waals surface area contributed by atoms with Gasteiger partial charge in [-0.05, 0) is 114 Å². The molecule has 0 bridgehead atoms. The minimum Gasteiger partial charge on any atom is -1.00 e. The van der Waals surface area contributed by atoms with Gasteiger partial charge in [-0.2, -0.15) is 0 Å². The van der Waals surface area contributed by atoms with Crippen LogP contribution in [0.2, 0.25) is 10.0 Å². The van der Waals surface area contributed by atoms with E-state index in [0.717, 1.165) is 47.9 Å². The Labute approximate surface area is 419 Å². The summed E-state index contributed by atoms with van der Waals surface area (Å²) in [4.78, 5) is 11.5. The molecule has 0 amide bonds. The van der Waals surface area contributed by atoms with E-state index in [4.69, 9.17) is 47.5 Å². The third kappa shape index (κ3) is 28.4. The molecule has 252 valence electrons. The molecule has 1 aliphatic heterocycles. The maximum Gasteiger partial charge on any atom is 1.00 e. The first-order valence-corrected chi connectivity index (χ1v) is 16.9. The van der Waals surface area contributed by atoms with Gasteiger partial charge < -0.3 is 30.3 Å². The molecule has 15 heteroatoms. The molecule has 49 heavy (non-hydrogen) atoms. The van der Waals surface area contributed by atoms with E-state index in [9.17, 15) is 8.76 Å². The Bertz CT molecular complexity index is 1390. The van der Waals surface area contributed by atoms with Crippen molar-refractivity contribution in [3.05, 3.63) is 124 Å². The van der Waals surface area contributed by atoms with Crippen molar-refractivity contribution in [3.8, 4) is 11.5 Å². The molecule has 0 spiro atoms. The SMILES string of the molecule is C1CCOC1.COc1cccc(CBr)c1.COc1cccc(CCc2ccc(Cl)cc2)c1.O=CO[O-].O=S([O-])c1ccc(Cl)cc1.[H-].[K+].[K+].[Na+]. The predicted molar refractivity (Wildman–Crippen MR) is 184 cm³/mol. The van der Waals surface area contributed by atoms with Crippen LogP contribution in [0.15, 0.2) is 102 Å². The number of ether oxygens (including phenoxy) is 3. The summed E-state index contributed by atoms with van der Waals surface area (Å²) in [6.07, 6.45) is 4.59. The van der Waals surface area contributed by atoms with E-state index in [1.807, 2.05) is 42.5 Å². The second-order valence-electron chi connectivity index (χ2n) is 9.16. The van der Waals surface area contributed by atoms with Gasteiger partial charge in [-0.3, -0.25) is 9.00 Å². The zero-order valence-corrected chi connectivity index (χ0v) is 40.7. The first-order valence-electron chi connectivity index (χ1n) is 14.0. The van der Waals surface area contributed by atoms with Gasteiger partial charge in [0, 0.05) is 33.5 Å². The van der Waals surface area contributed by atoms with Crippen molar-refractivity contribution < 1.29 is 172 Å². The Morgan fingerprint density at radius 2 is 1.22 bits per heavy atom. The normalized spacial score (nSPS) is 11.0. The zero-order chi connectivity index (χ0) is 34.0. The van der Waals surface area contributed by atoms with E-state index >= 15 is 0 Å². The molecule has 4 aromatic carbocycles. The Morgan fingerprint density at radius 1 is 0.796 bits per heavy atom. The van der Waals surface area contributed by atoms with Crippen LogP contribution in [0.4, 0.5) is 0 Å². The molecular weight excluding hydrogens is 820 g/mol. The maximum absolute atomic E-state index is 10.3. The van der Waals surface area contributed by atoms with Crippen LogP contribution in [-0.4, -0.2) is 42.7 Å². The molecule has 1 aliphatic rings. The summed E-state index contributed by atoms with van der Waals surface area (Å²) < 4.78 is 35.7. The predicted octanol–water partition coefficient (Wildman–Crippen LogP) is -1.34. The summed E-state index contributed by atoms with van der Waals surface area (Å²) in [6.45, 7) is 1.82. The zero-order valence-electron chi connectivity index (χ0n) is 29.6. The number of methoxy groups -OCH3 is 2. The van der Waals surface area contributed by atoms with E-state index in [1.54, 1.807) is 14.2 Å².